The molecular formula is C58H73ClN12O14S2. The molecule has 17 N–H and O–H groups in total. The van der Waals surface area contributed by atoms with Crippen molar-refractivity contribution >= 4 is 98.2 Å². The first-order valence-electron chi connectivity index (χ1n) is 27.6. The number of hydrogen-bond acceptors (Lipinski definition) is 17. The maximum absolute atomic E-state index is 15.0. The molecule has 5 rings (SSSR count). The number of amides is 11. The summed E-state index contributed by atoms with van der Waals surface area (Å²) in [5.41, 5.74) is 13.2. The predicted molar refractivity (Wildman–Crippen MR) is 325 cm³/mol. The molecule has 0 radical (unpaired) electrons. The molecular weight excluding hydrogens is 1190 g/mol. The van der Waals surface area contributed by atoms with Crippen molar-refractivity contribution < 1.29 is 68.1 Å². The highest BCUT2D eigenvalue weighted by atomic mass is 35.5. The lowest BCUT2D eigenvalue weighted by molar-refractivity contribution is -0.136. The molecule has 4 aromatic rings. The monoisotopic (exact) mass is 1260 g/mol. The molecule has 9 atom stereocenters. The molecule has 29 heteroatoms. The molecule has 0 spiro atoms. The number of hydrogen-bond donors (Lipinski definition) is 15. The van der Waals surface area contributed by atoms with Crippen LogP contribution in [-0.2, 0) is 73.6 Å². The zero-order chi connectivity index (χ0) is 63.7. The minimum Gasteiger partial charge on any atom is -0.508 e. The molecule has 87 heavy (non-hydrogen) atoms. The number of nitrogens with two attached hydrogens (primary N) is 2. The van der Waals surface area contributed by atoms with E-state index in [0.29, 0.717) is 46.7 Å². The summed E-state index contributed by atoms with van der Waals surface area (Å²) in [4.78, 5) is 152. The Bertz CT molecular complexity index is 3060. The Morgan fingerprint density at radius 1 is 0.632 bits per heavy atom. The lowest BCUT2D eigenvalue weighted by atomic mass is 10.00. The second-order valence-corrected chi connectivity index (χ2v) is 23.5. The Balaban J connectivity index is 1.63. The molecule has 26 nitrogen and oxygen atoms in total. The van der Waals surface area contributed by atoms with Crippen LogP contribution in [0.25, 0.3) is 0 Å². The van der Waals surface area contributed by atoms with Crippen LogP contribution in [0.3, 0.4) is 0 Å². The smallest absolute Gasteiger partial charge is 0.248 e. The zero-order valence-electron chi connectivity index (χ0n) is 47.9. The number of primary amides is 2. The van der Waals surface area contributed by atoms with Gasteiger partial charge in [0, 0.05) is 54.7 Å². The van der Waals surface area contributed by atoms with Gasteiger partial charge in [-0.25, -0.2) is 0 Å². The van der Waals surface area contributed by atoms with E-state index in [4.69, 9.17) is 23.1 Å². The number of carbonyl (C=O) groups excluding carboxylic acids is 11. The summed E-state index contributed by atoms with van der Waals surface area (Å²) in [6, 6.07) is 11.1. The van der Waals surface area contributed by atoms with Gasteiger partial charge in [-0.15, -0.1) is 0 Å². The van der Waals surface area contributed by atoms with Crippen LogP contribution in [-0.4, -0.2) is 166 Å². The summed E-state index contributed by atoms with van der Waals surface area (Å²) in [5, 5.41) is 57.8. The second kappa shape index (κ2) is 34.6. The summed E-state index contributed by atoms with van der Waals surface area (Å²) in [5.74, 6) is -10.7. The number of carbonyl (C=O) groups is 11. The van der Waals surface area contributed by atoms with Gasteiger partial charge in [0.15, 0.2) is 0 Å². The topological polar surface area (TPSA) is 421 Å². The molecule has 0 unspecified atom stereocenters. The number of aromatic hydroxyl groups is 2. The van der Waals surface area contributed by atoms with Crippen LogP contribution in [0.2, 0.25) is 5.02 Å². The van der Waals surface area contributed by atoms with Crippen LogP contribution >= 0.6 is 33.2 Å². The van der Waals surface area contributed by atoms with Crippen molar-refractivity contribution in [2.24, 2.45) is 11.5 Å². The van der Waals surface area contributed by atoms with Gasteiger partial charge in [-0.2, -0.15) is 0 Å². The molecule has 0 aromatic heterocycles. The number of phenols is 2. The number of halogens is 1. The molecule has 1 fully saturated rings. The van der Waals surface area contributed by atoms with Crippen molar-refractivity contribution in [1.82, 2.24) is 53.2 Å². The van der Waals surface area contributed by atoms with Gasteiger partial charge in [-0.05, 0) is 111 Å². The first-order chi connectivity index (χ1) is 41.4. The van der Waals surface area contributed by atoms with E-state index in [1.807, 2.05) is 0 Å². The molecule has 0 bridgehead atoms. The normalized spacial score (nSPS) is 20.0. The van der Waals surface area contributed by atoms with E-state index in [1.54, 1.807) is 31.3 Å². The first-order valence-corrected chi connectivity index (χ1v) is 30.5. The van der Waals surface area contributed by atoms with Gasteiger partial charge < -0.3 is 80.0 Å². The summed E-state index contributed by atoms with van der Waals surface area (Å²) in [7, 11) is 3.50. The number of aliphatic hydroxyl groups excluding tert-OH is 1. The van der Waals surface area contributed by atoms with Gasteiger partial charge in [0.2, 0.25) is 65.0 Å². The fraction of sp³-hybridized carbons (Fsp3) is 0.397. The third-order valence-corrected chi connectivity index (χ3v) is 16.2. The molecule has 1 aliphatic heterocycles. The fourth-order valence-corrected chi connectivity index (χ4v) is 11.2. The molecule has 0 aliphatic carbocycles. The summed E-state index contributed by atoms with van der Waals surface area (Å²) in [6.07, 6.45) is -1.75. The molecule has 11 amide bonds. The van der Waals surface area contributed by atoms with E-state index in [0.717, 1.165) is 21.6 Å². The van der Waals surface area contributed by atoms with E-state index in [-0.39, 0.29) is 60.7 Å². The SMILES string of the molecule is CNCCCC[C@@H]1NC(=O)[C@@H](Cc2ccc(C(N)=O)cc2)NC(=O)[C@H](Cc2ccc(O)cc2)NC(=O)[C@H](NC(=O)[C@H](Cc2ccc(Cl)cc2)NC(=O)CNC(C)=O)CSSC[C@@H](C(=O)N[C@H](Cc2ccc(O)cc2)C(N)=O)NC(=O)[C@H]([C@@H](C)O)NC1=O. The van der Waals surface area contributed by atoms with Crippen molar-refractivity contribution in [2.45, 2.75) is 113 Å². The average Bonchev–Trinajstić information content (AvgIpc) is 2.44. The van der Waals surface area contributed by atoms with Crippen LogP contribution in [0.1, 0.15) is 65.7 Å². The number of phenolic OH excluding ortho intramolecular Hbond substituents is 2. The second-order valence-electron chi connectivity index (χ2n) is 20.5. The molecule has 1 saturated heterocycles. The Morgan fingerprint density at radius 2 is 1.14 bits per heavy atom. The number of aliphatic hydroxyl groups is 1. The Morgan fingerprint density at radius 3 is 1.68 bits per heavy atom. The Kier molecular flexibility index (Phi) is 27.6. The number of unbranched alkanes of at least 4 members (excludes halogenated alkanes) is 1. The van der Waals surface area contributed by atoms with Gasteiger partial charge in [-0.1, -0.05) is 81.7 Å². The van der Waals surface area contributed by atoms with Gasteiger partial charge in [0.25, 0.3) is 0 Å². The summed E-state index contributed by atoms with van der Waals surface area (Å²) >= 11 is 6.15. The maximum Gasteiger partial charge on any atom is 0.248 e. The largest absolute Gasteiger partial charge is 0.508 e. The molecule has 468 valence electrons. The van der Waals surface area contributed by atoms with Gasteiger partial charge >= 0.3 is 0 Å². The highest BCUT2D eigenvalue weighted by Gasteiger charge is 2.37. The zero-order valence-corrected chi connectivity index (χ0v) is 50.3. The lowest BCUT2D eigenvalue weighted by Gasteiger charge is -2.29. The molecule has 1 heterocycles. The van der Waals surface area contributed by atoms with Gasteiger partial charge in [0.05, 0.1) is 12.6 Å². The summed E-state index contributed by atoms with van der Waals surface area (Å²) < 4.78 is 0. The molecule has 4 aromatic carbocycles. The molecule has 0 saturated carbocycles. The Hall–Kier alpha value is -8.44. The van der Waals surface area contributed by atoms with Crippen molar-refractivity contribution in [3.63, 3.8) is 0 Å². The van der Waals surface area contributed by atoms with Crippen LogP contribution in [0.5, 0.6) is 11.5 Å². The highest BCUT2D eigenvalue weighted by molar-refractivity contribution is 8.76. The third kappa shape index (κ3) is 23.4. The minimum atomic E-state index is -1.79. The van der Waals surface area contributed by atoms with E-state index in [2.05, 4.69) is 53.2 Å². The fourth-order valence-electron chi connectivity index (χ4n) is 8.73. The van der Waals surface area contributed by atoms with E-state index >= 15 is 0 Å². The summed E-state index contributed by atoms with van der Waals surface area (Å²) in [6.45, 7) is 2.37. The van der Waals surface area contributed by atoms with Crippen LogP contribution < -0.4 is 64.6 Å². The lowest BCUT2D eigenvalue weighted by Crippen LogP contribution is -2.62. The minimum absolute atomic E-state index is 0.0397. The molecule has 1 aliphatic rings. The van der Waals surface area contributed by atoms with E-state index in [9.17, 15) is 68.1 Å². The van der Waals surface area contributed by atoms with Crippen molar-refractivity contribution in [2.75, 3.05) is 31.6 Å². The van der Waals surface area contributed by atoms with Crippen molar-refractivity contribution in [3.05, 3.63) is 130 Å². The van der Waals surface area contributed by atoms with Gasteiger partial charge in [-0.3, -0.25) is 52.7 Å². The Labute approximate surface area is 514 Å². The maximum atomic E-state index is 15.0. The third-order valence-electron chi connectivity index (χ3n) is 13.5. The first kappa shape index (κ1) is 69.3. The van der Waals surface area contributed by atoms with Crippen LogP contribution in [0.4, 0.5) is 0 Å². The van der Waals surface area contributed by atoms with Gasteiger partial charge in [0.1, 0.15) is 59.8 Å². The van der Waals surface area contributed by atoms with Crippen LogP contribution in [0.15, 0.2) is 97.1 Å². The predicted octanol–water partition coefficient (Wildman–Crippen LogP) is -1.21. The highest BCUT2D eigenvalue weighted by Crippen LogP contribution is 2.25. The standard InChI is InChI=1S/C58H73ClN12O14S2/c1-31(72)49-58(85)70-47(56(83)66-42(51(61)78)24-35-11-19-39(74)20-12-35)30-87-86-29-46(69-53(80)43(64-48(76)28-63-32(2)73)25-34-9-17-38(59)18-10-34)57(84)68-45(27-36-13-21-40(75)22-14-36)55(82)67-44(26-33-7-15-37(16-8-33)50(60)77)54(81)65-41(52(79)71-49)6-4-5-23-62-3/h7-22,31,41-47,49,62,72,74-75H,4-6,23-30H2,1-3H3,(H2,60,77)(H2,61,78)(H,63,73)(H,64,76)(H,65,81)(H,66,83)(H,67,82)(H,68,84)(H,69,80)(H,70,85)(H,71,79)/t31-,41+,42-,43+,44-,45+,46-,47+,49+/m1/s1. The average molecular weight is 1260 g/mol. The number of rotatable bonds is 23. The quantitative estimate of drug-likeness (QED) is 0.0306. The van der Waals surface area contributed by atoms with E-state index in [1.165, 1.54) is 86.6 Å². The van der Waals surface area contributed by atoms with Crippen molar-refractivity contribution in [3.8, 4) is 11.5 Å². The van der Waals surface area contributed by atoms with Crippen molar-refractivity contribution in [1.29, 1.82) is 0 Å². The van der Waals surface area contributed by atoms with E-state index < -0.39 is 126 Å². The van der Waals surface area contributed by atoms with Crippen LogP contribution in [0, 0.1) is 0 Å². The number of benzene rings is 4. The number of nitrogens with one attached hydrogen (secondary N) is 10.